The van der Waals surface area contributed by atoms with E-state index >= 15 is 0 Å². The Morgan fingerprint density at radius 2 is 0.337 bits per heavy atom. The molecule has 0 aromatic heterocycles. The molecular weight excluding hydrogens is 1630 g/mol. The molecule has 0 spiro atoms. The summed E-state index contributed by atoms with van der Waals surface area (Å²) in [4.78, 5) is 0. The molecule has 0 saturated heterocycles. The molecule has 0 rings (SSSR count). The molecule has 0 unspecified atom stereocenters. The van der Waals surface area contributed by atoms with Gasteiger partial charge < -0.3 is 65.8 Å². The third kappa shape index (κ3) is 56.3. The van der Waals surface area contributed by atoms with Crippen LogP contribution in [-0.2, 0) is 65.8 Å². The molecule has 0 bridgehead atoms. The highest BCUT2D eigenvalue weighted by Crippen LogP contribution is 2.39. The molecule has 98 heavy (non-hydrogen) atoms. The lowest BCUT2D eigenvalue weighted by Crippen LogP contribution is -2.63. The maximum atomic E-state index is 7.40. The third-order valence-corrected chi connectivity index (χ3v) is 91.3. The van der Waals surface area contributed by atoms with Crippen molar-refractivity contribution in [1.29, 1.82) is 0 Å². The molecule has 0 aliphatic carbocycles. The second kappa shape index (κ2) is 40.5. The van der Waals surface area contributed by atoms with Gasteiger partial charge in [0.1, 0.15) is 39.1 Å². The smallest absolute Gasteiger partial charge is 0.461 e. The first-order chi connectivity index (χ1) is 42.8. The lowest BCUT2D eigenvalue weighted by molar-refractivity contribution is 0.248. The lowest BCUT2D eigenvalue weighted by Gasteiger charge is -2.45. The van der Waals surface area contributed by atoms with Crippen molar-refractivity contribution in [3.05, 3.63) is 24.6 Å². The molecule has 0 amide bonds. The fraction of sp³-hybridized carbons (Fsp3) is 0.931. The third-order valence-electron chi connectivity index (χ3n) is 13.7. The first-order valence-electron chi connectivity index (χ1n) is 37.1. The second-order valence-electron chi connectivity index (χ2n) is 40.7. The predicted octanol–water partition coefficient (Wildman–Crippen LogP) is 19.0. The van der Waals surface area contributed by atoms with Crippen molar-refractivity contribution in [3.8, 4) is 0 Å². The second-order valence-corrected chi connectivity index (χ2v) is 133. The van der Waals surface area contributed by atoms with E-state index in [1.54, 1.807) is 0 Å². The molecule has 0 radical (unpaired) electrons. The van der Waals surface area contributed by atoms with E-state index in [1.165, 1.54) is 0 Å². The molecule has 40 heteroatoms. The van der Waals surface area contributed by atoms with Crippen molar-refractivity contribution >= 4 is 207 Å². The maximum Gasteiger partial charge on any atom is 0.497 e. The summed E-state index contributed by atoms with van der Waals surface area (Å²) in [7, 11) is -46.4. The van der Waals surface area contributed by atoms with E-state index in [0.29, 0.717) is 0 Å². The fourth-order valence-electron chi connectivity index (χ4n) is 10.6. The minimum absolute atomic E-state index is 0.584. The summed E-state index contributed by atoms with van der Waals surface area (Å²) in [6.45, 7) is 105. The van der Waals surface area contributed by atoms with Crippen molar-refractivity contribution in [2.45, 2.75) is 348 Å². The predicted molar refractivity (Wildman–Crippen MR) is 491 cm³/mol. The summed E-state index contributed by atoms with van der Waals surface area (Å²) in [6, 6.07) is 11.9. The van der Waals surface area contributed by atoms with Gasteiger partial charge >= 0.3 is 35.2 Å². The van der Waals surface area contributed by atoms with Crippen LogP contribution in [-0.4, -0.2) is 207 Å². The van der Waals surface area contributed by atoms with Gasteiger partial charge in [-0.3, -0.25) is 0 Å². The highest BCUT2D eigenvalue weighted by molar-refractivity contribution is 6.97. The molecule has 0 atom stereocenters. The Bertz CT molecular complexity index is 2000. The van der Waals surface area contributed by atoms with Gasteiger partial charge in [-0.2, -0.15) is 0 Å². The quantitative estimate of drug-likeness (QED) is 0.0420. The monoisotopic (exact) mass is 1790 g/mol. The highest BCUT2D eigenvalue weighted by Gasteiger charge is 2.57. The molecule has 16 nitrogen and oxygen atoms in total. The minimum atomic E-state index is -3.27. The van der Waals surface area contributed by atoms with Gasteiger partial charge in [-0.1, -0.05) is 0 Å². The topological polar surface area (TPSA) is 148 Å². The summed E-state index contributed by atoms with van der Waals surface area (Å²) in [5, 5.41) is 0. The first kappa shape index (κ1) is 104. The Morgan fingerprint density at radius 1 is 0.194 bits per heavy atom. The van der Waals surface area contributed by atoms with Crippen molar-refractivity contribution in [3.63, 3.8) is 0 Å². The van der Waals surface area contributed by atoms with E-state index in [4.69, 9.17) is 65.8 Å². The van der Waals surface area contributed by atoms with Crippen LogP contribution >= 0.6 is 0 Å². The Morgan fingerprint density at radius 3 is 0.459 bits per heavy atom. The zero-order valence-corrected chi connectivity index (χ0v) is 98.1. The van der Waals surface area contributed by atoms with Crippen LogP contribution in [0.4, 0.5) is 0 Å². The van der Waals surface area contributed by atoms with Gasteiger partial charge in [0, 0.05) is 12.1 Å². The van der Waals surface area contributed by atoms with Gasteiger partial charge in [-0.05, 0) is 347 Å². The lowest BCUT2D eigenvalue weighted by atomic mass is 10.9. The van der Waals surface area contributed by atoms with Gasteiger partial charge in [0.25, 0.3) is 0 Å². The molecule has 0 heterocycles. The van der Waals surface area contributed by atoms with Crippen molar-refractivity contribution < 1.29 is 65.8 Å². The summed E-state index contributed by atoms with van der Waals surface area (Å²) in [5.41, 5.74) is 3.91. The molecular formula is C58H164O16Si24. The number of hydrogen-bond donors (Lipinski definition) is 0. The zero-order valence-electron chi connectivity index (χ0n) is 72.4. The Balaban J connectivity index is 0. The van der Waals surface area contributed by atoms with E-state index in [2.05, 4.69) is 288 Å². The van der Waals surface area contributed by atoms with Gasteiger partial charge in [0.2, 0.25) is 0 Å². The summed E-state index contributed by atoms with van der Waals surface area (Å²) >= 11 is 0. The Kier molecular flexibility index (Phi) is 43.0. The first-order valence-corrected chi connectivity index (χ1v) is 104. The van der Waals surface area contributed by atoms with Crippen LogP contribution in [0, 0.1) is 0 Å². The van der Waals surface area contributed by atoms with Gasteiger partial charge in [-0.25, -0.2) is 0 Å². The normalized spacial score (nSPS) is 16.7. The Hall–Kier alpha value is 4.05. The molecule has 0 aromatic rings. The van der Waals surface area contributed by atoms with E-state index in [1.807, 2.05) is 11.4 Å². The average Bonchev–Trinajstić information content (AvgIpc) is 0.814. The standard InChI is InChI=1S/2C29H82O8Si12/c2*1-23-48(35-45(17,18)26-24-38-30-40(2,3)4,36-46(19,20)27-25-39-31-41(5,6)7)37-47(21,22)28-29-49(32-42(8,9)10,33-43(11,12)13)34-44(14,15)16/h2*23H,1,24-29,38-39H2,2-22H3. The van der Waals surface area contributed by atoms with Crippen LogP contribution in [0.3, 0.4) is 0 Å². The molecule has 588 valence electrons. The van der Waals surface area contributed by atoms with Crippen molar-refractivity contribution in [2.24, 2.45) is 0 Å². The van der Waals surface area contributed by atoms with Crippen molar-refractivity contribution in [1.82, 2.24) is 0 Å². The van der Waals surface area contributed by atoms with Gasteiger partial charge in [0.15, 0.2) is 133 Å². The van der Waals surface area contributed by atoms with Crippen LogP contribution in [0.2, 0.25) is 348 Å². The SMILES string of the molecule is C=C[Si](O[Si](C)(C)CC[SiH2]O[Si](C)(C)C)(O[Si](C)(C)CC[SiH2]O[Si](C)(C)C)O[Si](C)(C)CC[Si](O[Si](C)(C)C)(O[Si](C)(C)C)O[Si](C)(C)C.C=C[Si](O[Si](C)(C)CC[SiH2]O[Si](C)(C)C)(O[Si](C)(C)CC[SiH2]O[Si](C)(C)C)O[Si](C)(C)CC[Si](O[Si](C)(C)C)(O[Si](C)(C)C)O[Si](C)(C)C. The highest BCUT2D eigenvalue weighted by atomic mass is 28.5. The van der Waals surface area contributed by atoms with E-state index in [9.17, 15) is 0 Å². The largest absolute Gasteiger partial charge is 0.497 e. The number of hydrogen-bond acceptors (Lipinski definition) is 16. The minimum Gasteiger partial charge on any atom is -0.461 e. The van der Waals surface area contributed by atoms with Crippen LogP contribution < -0.4 is 0 Å². The average molecular weight is 1790 g/mol. The molecule has 0 aliphatic heterocycles. The molecule has 0 aromatic carbocycles. The molecule has 0 aliphatic rings. The summed E-state index contributed by atoms with van der Waals surface area (Å²) < 4.78 is 112. The van der Waals surface area contributed by atoms with Crippen LogP contribution in [0.15, 0.2) is 24.6 Å². The molecule has 0 saturated carbocycles. The van der Waals surface area contributed by atoms with Crippen LogP contribution in [0.5, 0.6) is 0 Å². The maximum absolute atomic E-state index is 7.40. The summed E-state index contributed by atoms with van der Waals surface area (Å²) in [6.07, 6.45) is 0. The van der Waals surface area contributed by atoms with Crippen LogP contribution in [0.1, 0.15) is 0 Å². The zero-order chi connectivity index (χ0) is 78.0. The number of rotatable bonds is 52. The fourth-order valence-corrected chi connectivity index (χ4v) is 100. The Labute approximate surface area is 639 Å². The van der Waals surface area contributed by atoms with E-state index in [0.717, 1.165) is 72.5 Å². The van der Waals surface area contributed by atoms with Crippen molar-refractivity contribution in [2.75, 3.05) is 0 Å². The van der Waals surface area contributed by atoms with Gasteiger partial charge in [-0.15, -0.1) is 13.2 Å². The molecule has 0 N–H and O–H groups in total. The van der Waals surface area contributed by atoms with E-state index in [-0.39, 0.29) is 0 Å². The van der Waals surface area contributed by atoms with Gasteiger partial charge in [0.05, 0.1) is 0 Å². The molecule has 0 fully saturated rings. The summed E-state index contributed by atoms with van der Waals surface area (Å²) in [5.74, 6) is 0. The van der Waals surface area contributed by atoms with Crippen LogP contribution in [0.25, 0.3) is 0 Å². The van der Waals surface area contributed by atoms with E-state index < -0.39 is 207 Å².